The minimum atomic E-state index is -0.197. The van der Waals surface area contributed by atoms with E-state index in [1.165, 1.54) is 4.57 Å². The lowest BCUT2D eigenvalue weighted by atomic mass is 10.1. The van der Waals surface area contributed by atoms with Gasteiger partial charge in [0.2, 0.25) is 5.91 Å². The van der Waals surface area contributed by atoms with Crippen molar-refractivity contribution in [1.29, 1.82) is 0 Å². The number of benzene rings is 2. The van der Waals surface area contributed by atoms with Gasteiger partial charge in [0.05, 0.1) is 22.8 Å². The van der Waals surface area contributed by atoms with Crippen molar-refractivity contribution in [3.8, 4) is 0 Å². The molecule has 2 aromatic heterocycles. The highest BCUT2D eigenvalue weighted by atomic mass is 16.2. The second kappa shape index (κ2) is 8.02. The maximum Gasteiger partial charge on any atom is 0.261 e. The Balaban J connectivity index is 1.67. The van der Waals surface area contributed by atoms with E-state index < -0.39 is 0 Å². The topological polar surface area (TPSA) is 81.0 Å². The Kier molecular flexibility index (Phi) is 5.27. The van der Waals surface area contributed by atoms with Crippen LogP contribution in [-0.4, -0.2) is 26.8 Å². The number of nitrogens with one attached hydrogen (secondary N) is 2. The number of aromatic nitrogens is 3. The molecular weight excluding hydrogens is 378 g/mol. The summed E-state index contributed by atoms with van der Waals surface area (Å²) < 4.78 is 3.27. The van der Waals surface area contributed by atoms with Gasteiger partial charge in [0.1, 0.15) is 6.54 Å². The van der Waals surface area contributed by atoms with Gasteiger partial charge in [-0.2, -0.15) is 5.10 Å². The molecule has 0 unspecified atom stereocenters. The maximum atomic E-state index is 13.2. The number of amides is 1. The first kappa shape index (κ1) is 19.7. The molecule has 0 radical (unpaired) electrons. The maximum absolute atomic E-state index is 13.2. The van der Waals surface area contributed by atoms with Crippen molar-refractivity contribution in [2.24, 2.45) is 13.0 Å². The summed E-state index contributed by atoms with van der Waals surface area (Å²) in [7, 11) is 1.90. The summed E-state index contributed by atoms with van der Waals surface area (Å²) in [5.41, 5.74) is 2.41. The standard InChI is InChI=1S/C23H25N5O2/c1-15(2)12-24-21(29)14-28-10-9-16-5-4-6-19(22(16)23(28)30)26-18-7-8-20-17(11-18)13-25-27(20)3/h4-11,13,15,26H,12,14H2,1-3H3,(H,24,29). The Morgan fingerprint density at radius 1 is 1.13 bits per heavy atom. The Morgan fingerprint density at radius 2 is 1.97 bits per heavy atom. The fourth-order valence-electron chi connectivity index (χ4n) is 3.48. The number of nitrogens with zero attached hydrogens (tertiary/aromatic N) is 3. The normalized spacial score (nSPS) is 11.3. The largest absolute Gasteiger partial charge is 0.355 e. The number of carbonyl (C=O) groups excluding carboxylic acids is 1. The van der Waals surface area contributed by atoms with Gasteiger partial charge < -0.3 is 15.2 Å². The lowest BCUT2D eigenvalue weighted by molar-refractivity contribution is -0.121. The fraction of sp³-hybridized carbons (Fsp3) is 0.261. The predicted molar refractivity (Wildman–Crippen MR) is 120 cm³/mol. The van der Waals surface area contributed by atoms with E-state index in [1.54, 1.807) is 6.20 Å². The number of rotatable bonds is 6. The number of anilines is 2. The first-order valence-electron chi connectivity index (χ1n) is 10.00. The quantitative estimate of drug-likeness (QED) is 0.517. The Labute approximate surface area is 174 Å². The van der Waals surface area contributed by atoms with Gasteiger partial charge in [0.15, 0.2) is 0 Å². The zero-order chi connectivity index (χ0) is 21.3. The average Bonchev–Trinajstić information content (AvgIpc) is 3.09. The van der Waals surface area contributed by atoms with Gasteiger partial charge in [-0.1, -0.05) is 26.0 Å². The van der Waals surface area contributed by atoms with Crippen LogP contribution in [0.5, 0.6) is 0 Å². The van der Waals surface area contributed by atoms with Crippen LogP contribution in [-0.2, 0) is 18.4 Å². The summed E-state index contributed by atoms with van der Waals surface area (Å²) in [6.07, 6.45) is 3.48. The zero-order valence-corrected chi connectivity index (χ0v) is 17.3. The third kappa shape index (κ3) is 3.91. The molecule has 0 spiro atoms. The van der Waals surface area contributed by atoms with E-state index in [0.717, 1.165) is 22.0 Å². The molecule has 2 aromatic carbocycles. The van der Waals surface area contributed by atoms with E-state index in [-0.39, 0.29) is 18.0 Å². The summed E-state index contributed by atoms with van der Waals surface area (Å²) in [4.78, 5) is 25.4. The molecule has 7 nitrogen and oxygen atoms in total. The highest BCUT2D eigenvalue weighted by Crippen LogP contribution is 2.26. The van der Waals surface area contributed by atoms with E-state index in [4.69, 9.17) is 0 Å². The molecule has 0 fully saturated rings. The third-order valence-electron chi connectivity index (χ3n) is 5.05. The van der Waals surface area contributed by atoms with E-state index in [1.807, 2.05) is 74.2 Å². The molecule has 4 aromatic rings. The van der Waals surface area contributed by atoms with Gasteiger partial charge in [0, 0.05) is 30.9 Å². The number of aryl methyl sites for hydroxylation is 1. The minimum absolute atomic E-state index is 0.00251. The molecular formula is C23H25N5O2. The van der Waals surface area contributed by atoms with Crippen LogP contribution in [0.25, 0.3) is 21.7 Å². The van der Waals surface area contributed by atoms with Crippen molar-refractivity contribution < 1.29 is 4.79 Å². The second-order valence-electron chi connectivity index (χ2n) is 7.88. The Bertz CT molecular complexity index is 1290. The van der Waals surface area contributed by atoms with Crippen LogP contribution in [0.1, 0.15) is 13.8 Å². The summed E-state index contributed by atoms with van der Waals surface area (Å²) in [5, 5.41) is 12.9. The minimum Gasteiger partial charge on any atom is -0.355 e. The van der Waals surface area contributed by atoms with Crippen LogP contribution in [0.15, 0.2) is 59.7 Å². The number of pyridine rings is 1. The van der Waals surface area contributed by atoms with E-state index >= 15 is 0 Å². The van der Waals surface area contributed by atoms with Crippen LogP contribution < -0.4 is 16.2 Å². The van der Waals surface area contributed by atoms with Gasteiger partial charge in [-0.3, -0.25) is 14.3 Å². The van der Waals surface area contributed by atoms with Crippen LogP contribution in [0.2, 0.25) is 0 Å². The molecule has 30 heavy (non-hydrogen) atoms. The lowest BCUT2D eigenvalue weighted by Crippen LogP contribution is -2.34. The zero-order valence-electron chi connectivity index (χ0n) is 17.3. The smallest absolute Gasteiger partial charge is 0.261 e. The first-order chi connectivity index (χ1) is 14.4. The lowest BCUT2D eigenvalue weighted by Gasteiger charge is -2.13. The predicted octanol–water partition coefficient (Wildman–Crippen LogP) is 3.40. The molecule has 0 saturated carbocycles. The number of hydrogen-bond donors (Lipinski definition) is 2. The highest BCUT2D eigenvalue weighted by molar-refractivity contribution is 5.95. The third-order valence-corrected chi connectivity index (χ3v) is 5.05. The van der Waals surface area contributed by atoms with Crippen molar-refractivity contribution >= 4 is 39.0 Å². The van der Waals surface area contributed by atoms with Crippen molar-refractivity contribution in [2.75, 3.05) is 11.9 Å². The Morgan fingerprint density at radius 3 is 2.77 bits per heavy atom. The van der Waals surface area contributed by atoms with Crippen LogP contribution in [0.4, 0.5) is 11.4 Å². The molecule has 0 aliphatic rings. The van der Waals surface area contributed by atoms with Crippen molar-refractivity contribution in [3.63, 3.8) is 0 Å². The Hall–Kier alpha value is -3.61. The average molecular weight is 403 g/mol. The van der Waals surface area contributed by atoms with E-state index in [9.17, 15) is 9.59 Å². The van der Waals surface area contributed by atoms with Crippen molar-refractivity contribution in [1.82, 2.24) is 19.7 Å². The van der Waals surface area contributed by atoms with Gasteiger partial charge >= 0.3 is 0 Å². The van der Waals surface area contributed by atoms with Crippen LogP contribution in [0, 0.1) is 5.92 Å². The monoisotopic (exact) mass is 403 g/mol. The second-order valence-corrected chi connectivity index (χ2v) is 7.88. The van der Waals surface area contributed by atoms with Crippen LogP contribution in [0.3, 0.4) is 0 Å². The summed E-state index contributed by atoms with van der Waals surface area (Å²) in [5.74, 6) is 0.188. The number of hydrogen-bond acceptors (Lipinski definition) is 4. The number of carbonyl (C=O) groups is 1. The van der Waals surface area contributed by atoms with E-state index in [2.05, 4.69) is 15.7 Å². The highest BCUT2D eigenvalue weighted by Gasteiger charge is 2.11. The van der Waals surface area contributed by atoms with Gasteiger partial charge in [0.25, 0.3) is 5.56 Å². The fourth-order valence-corrected chi connectivity index (χ4v) is 3.48. The molecule has 4 rings (SSSR count). The van der Waals surface area contributed by atoms with E-state index in [0.29, 0.717) is 23.5 Å². The molecule has 0 bridgehead atoms. The molecule has 0 aliphatic carbocycles. The molecule has 0 atom stereocenters. The molecule has 1 amide bonds. The van der Waals surface area contributed by atoms with Gasteiger partial charge in [-0.25, -0.2) is 0 Å². The molecule has 2 N–H and O–H groups in total. The summed E-state index contributed by atoms with van der Waals surface area (Å²) in [6, 6.07) is 13.5. The summed E-state index contributed by atoms with van der Waals surface area (Å²) in [6.45, 7) is 4.65. The van der Waals surface area contributed by atoms with Crippen LogP contribution >= 0.6 is 0 Å². The van der Waals surface area contributed by atoms with Crippen molar-refractivity contribution in [2.45, 2.75) is 20.4 Å². The molecule has 0 aliphatic heterocycles. The summed E-state index contributed by atoms with van der Waals surface area (Å²) >= 11 is 0. The van der Waals surface area contributed by atoms with Crippen molar-refractivity contribution in [3.05, 3.63) is 65.2 Å². The first-order valence-corrected chi connectivity index (χ1v) is 10.00. The van der Waals surface area contributed by atoms with Gasteiger partial charge in [-0.15, -0.1) is 0 Å². The molecule has 2 heterocycles. The molecule has 7 heteroatoms. The number of fused-ring (bicyclic) bond motifs is 2. The SMILES string of the molecule is CC(C)CNC(=O)Cn1ccc2cccc(Nc3ccc4c(cnn4C)c3)c2c1=O. The molecule has 154 valence electrons. The van der Waals surface area contributed by atoms with Gasteiger partial charge in [-0.05, 0) is 41.6 Å². The molecule has 0 saturated heterocycles.